The fourth-order valence-corrected chi connectivity index (χ4v) is 3.34. The van der Waals surface area contributed by atoms with Crippen molar-refractivity contribution >= 4 is 11.8 Å². The molecule has 0 amide bonds. The molecule has 0 aromatic carbocycles. The number of rotatable bonds is 20. The second-order valence-electron chi connectivity index (χ2n) is 7.67. The minimum absolute atomic E-state index is 0.0800. The number of hydrogen-bond acceptors (Lipinski definition) is 3. The number of ether oxygens (including phenoxy) is 1. The van der Waals surface area contributed by atoms with Crippen LogP contribution in [0.2, 0.25) is 0 Å². The molecule has 0 aromatic rings. The van der Waals surface area contributed by atoms with Crippen LogP contribution in [0.3, 0.4) is 0 Å². The summed E-state index contributed by atoms with van der Waals surface area (Å²) in [5.74, 6) is 0.396. The molecule has 0 spiro atoms. The summed E-state index contributed by atoms with van der Waals surface area (Å²) in [5, 5.41) is 0. The molecule has 0 bridgehead atoms. The molecule has 154 valence electrons. The first kappa shape index (κ1) is 25.1. The average Bonchev–Trinajstić information content (AvgIpc) is 2.64. The monoisotopic (exact) mass is 368 g/mol. The second-order valence-corrected chi connectivity index (χ2v) is 7.67. The Morgan fingerprint density at radius 3 is 1.27 bits per heavy atom. The minimum Gasteiger partial charge on any atom is -0.469 e. The summed E-state index contributed by atoms with van der Waals surface area (Å²) < 4.78 is 4.64. The van der Waals surface area contributed by atoms with Gasteiger partial charge in [0.25, 0.3) is 0 Å². The lowest BCUT2D eigenvalue weighted by Crippen LogP contribution is -1.99. The summed E-state index contributed by atoms with van der Waals surface area (Å²) in [7, 11) is 1.46. The molecule has 0 N–H and O–H groups in total. The average molecular weight is 369 g/mol. The van der Waals surface area contributed by atoms with Crippen molar-refractivity contribution in [3.8, 4) is 0 Å². The van der Waals surface area contributed by atoms with Crippen molar-refractivity contribution in [3.63, 3.8) is 0 Å². The standard InChI is InChI=1S/C23H44O3/c1-3-4-16-19-22(24)20-17-14-12-10-8-6-5-7-9-11-13-15-18-21-23(25)26-2/h3-21H2,1-2H3. The topological polar surface area (TPSA) is 43.4 Å². The first-order valence-electron chi connectivity index (χ1n) is 11.3. The Morgan fingerprint density at radius 2 is 0.885 bits per heavy atom. The van der Waals surface area contributed by atoms with Gasteiger partial charge in [-0.25, -0.2) is 0 Å². The first-order chi connectivity index (χ1) is 12.7. The zero-order valence-corrected chi connectivity index (χ0v) is 17.7. The van der Waals surface area contributed by atoms with Crippen LogP contribution in [-0.2, 0) is 14.3 Å². The van der Waals surface area contributed by atoms with E-state index in [2.05, 4.69) is 11.7 Å². The molecule has 26 heavy (non-hydrogen) atoms. The van der Waals surface area contributed by atoms with E-state index in [1.807, 2.05) is 0 Å². The van der Waals surface area contributed by atoms with Crippen molar-refractivity contribution in [2.45, 2.75) is 129 Å². The van der Waals surface area contributed by atoms with Gasteiger partial charge in [0.1, 0.15) is 5.78 Å². The number of ketones is 1. The zero-order valence-electron chi connectivity index (χ0n) is 17.7. The molecular weight excluding hydrogens is 324 g/mol. The highest BCUT2D eigenvalue weighted by Crippen LogP contribution is 2.14. The van der Waals surface area contributed by atoms with Gasteiger partial charge in [0, 0.05) is 19.3 Å². The maximum atomic E-state index is 11.7. The predicted octanol–water partition coefficient (Wildman–Crippen LogP) is 7.16. The molecule has 0 saturated carbocycles. The highest BCUT2D eigenvalue weighted by molar-refractivity contribution is 5.78. The lowest BCUT2D eigenvalue weighted by Gasteiger charge is -2.04. The van der Waals surface area contributed by atoms with Crippen LogP contribution in [0.5, 0.6) is 0 Å². The number of unbranched alkanes of at least 4 members (excludes halogenated alkanes) is 14. The highest BCUT2D eigenvalue weighted by atomic mass is 16.5. The van der Waals surface area contributed by atoms with Gasteiger partial charge in [-0.1, -0.05) is 90.4 Å². The van der Waals surface area contributed by atoms with Crippen molar-refractivity contribution in [1.29, 1.82) is 0 Å². The second kappa shape index (κ2) is 20.5. The number of carbonyl (C=O) groups excluding carboxylic acids is 2. The largest absolute Gasteiger partial charge is 0.469 e. The Labute approximate surface area is 162 Å². The van der Waals surface area contributed by atoms with Crippen molar-refractivity contribution in [2.24, 2.45) is 0 Å². The van der Waals surface area contributed by atoms with E-state index in [9.17, 15) is 9.59 Å². The van der Waals surface area contributed by atoms with E-state index >= 15 is 0 Å². The third-order valence-electron chi connectivity index (χ3n) is 5.12. The number of esters is 1. The first-order valence-corrected chi connectivity index (χ1v) is 11.3. The van der Waals surface area contributed by atoms with E-state index in [1.54, 1.807) is 0 Å². The van der Waals surface area contributed by atoms with Crippen molar-refractivity contribution in [3.05, 3.63) is 0 Å². The molecule has 0 fully saturated rings. The predicted molar refractivity (Wildman–Crippen MR) is 110 cm³/mol. The maximum absolute atomic E-state index is 11.7. The van der Waals surface area contributed by atoms with Crippen molar-refractivity contribution < 1.29 is 14.3 Å². The van der Waals surface area contributed by atoms with Gasteiger partial charge in [0.2, 0.25) is 0 Å². The molecule has 3 heteroatoms. The van der Waals surface area contributed by atoms with Crippen LogP contribution < -0.4 is 0 Å². The maximum Gasteiger partial charge on any atom is 0.305 e. The fraction of sp³-hybridized carbons (Fsp3) is 0.913. The van der Waals surface area contributed by atoms with Crippen LogP contribution in [0.4, 0.5) is 0 Å². The fourth-order valence-electron chi connectivity index (χ4n) is 3.34. The number of hydrogen-bond donors (Lipinski definition) is 0. The molecule has 0 unspecified atom stereocenters. The van der Waals surface area contributed by atoms with Crippen molar-refractivity contribution in [1.82, 2.24) is 0 Å². The molecule has 3 nitrogen and oxygen atoms in total. The van der Waals surface area contributed by atoms with Crippen LogP contribution in [-0.4, -0.2) is 18.9 Å². The Hall–Kier alpha value is -0.860. The van der Waals surface area contributed by atoms with E-state index in [-0.39, 0.29) is 5.97 Å². The molecule has 0 radical (unpaired) electrons. The molecule has 0 aliphatic rings. The molecule has 0 aliphatic carbocycles. The Balaban J connectivity index is 3.11. The molecule has 0 rings (SSSR count). The van der Waals surface area contributed by atoms with E-state index in [0.29, 0.717) is 12.2 Å². The summed E-state index contributed by atoms with van der Waals surface area (Å²) in [6.45, 7) is 2.18. The number of carbonyl (C=O) groups is 2. The Kier molecular flexibility index (Phi) is 19.8. The van der Waals surface area contributed by atoms with Gasteiger partial charge in [-0.3, -0.25) is 9.59 Å². The van der Waals surface area contributed by atoms with Gasteiger partial charge in [-0.05, 0) is 19.3 Å². The van der Waals surface area contributed by atoms with Crippen LogP contribution in [0.25, 0.3) is 0 Å². The van der Waals surface area contributed by atoms with Gasteiger partial charge in [0.15, 0.2) is 0 Å². The lowest BCUT2D eigenvalue weighted by molar-refractivity contribution is -0.140. The molecule has 0 saturated heterocycles. The van der Waals surface area contributed by atoms with Gasteiger partial charge >= 0.3 is 5.97 Å². The Morgan fingerprint density at radius 1 is 0.538 bits per heavy atom. The van der Waals surface area contributed by atoms with Gasteiger partial charge < -0.3 is 4.74 Å². The molecule has 0 aliphatic heterocycles. The third-order valence-corrected chi connectivity index (χ3v) is 5.12. The smallest absolute Gasteiger partial charge is 0.305 e. The van der Waals surface area contributed by atoms with Crippen LogP contribution >= 0.6 is 0 Å². The zero-order chi connectivity index (χ0) is 19.3. The molecule has 0 heterocycles. The van der Waals surface area contributed by atoms with Crippen LogP contribution in [0, 0.1) is 0 Å². The van der Waals surface area contributed by atoms with Gasteiger partial charge in [-0.15, -0.1) is 0 Å². The lowest BCUT2D eigenvalue weighted by atomic mass is 10.0. The Bertz CT molecular complexity index is 325. The third kappa shape index (κ3) is 19.5. The highest BCUT2D eigenvalue weighted by Gasteiger charge is 2.01. The van der Waals surface area contributed by atoms with Crippen molar-refractivity contribution in [2.75, 3.05) is 7.11 Å². The van der Waals surface area contributed by atoms with E-state index in [4.69, 9.17) is 0 Å². The summed E-state index contributed by atoms with van der Waals surface area (Å²) in [6, 6.07) is 0. The normalized spacial score (nSPS) is 10.8. The van der Waals surface area contributed by atoms with E-state index in [0.717, 1.165) is 38.5 Å². The van der Waals surface area contributed by atoms with E-state index < -0.39 is 0 Å². The molecule has 0 atom stereocenters. The molecule has 0 aromatic heterocycles. The number of Topliss-reactive ketones (excluding diaryl/α,β-unsaturated/α-hetero) is 1. The SMILES string of the molecule is CCCCCC(=O)CCCCCCCCCCCCCCCC(=O)OC. The van der Waals surface area contributed by atoms with Gasteiger partial charge in [0.05, 0.1) is 7.11 Å². The van der Waals surface area contributed by atoms with Gasteiger partial charge in [-0.2, -0.15) is 0 Å². The number of methoxy groups -OCH3 is 1. The summed E-state index contributed by atoms with van der Waals surface area (Å²) in [4.78, 5) is 22.6. The molecular formula is C23H44O3. The van der Waals surface area contributed by atoms with E-state index in [1.165, 1.54) is 84.2 Å². The van der Waals surface area contributed by atoms with Crippen LogP contribution in [0.15, 0.2) is 0 Å². The summed E-state index contributed by atoms with van der Waals surface area (Å²) in [5.41, 5.74) is 0. The summed E-state index contributed by atoms with van der Waals surface area (Å²) in [6.07, 6.45) is 22.0. The summed E-state index contributed by atoms with van der Waals surface area (Å²) >= 11 is 0. The van der Waals surface area contributed by atoms with Crippen LogP contribution in [0.1, 0.15) is 129 Å². The quantitative estimate of drug-likeness (QED) is 0.169. The minimum atomic E-state index is -0.0800.